The van der Waals surface area contributed by atoms with E-state index in [9.17, 15) is 0 Å². The zero-order valence-corrected chi connectivity index (χ0v) is 18.6. The van der Waals surface area contributed by atoms with Crippen molar-refractivity contribution in [1.82, 2.24) is 0 Å². The van der Waals surface area contributed by atoms with Gasteiger partial charge in [0.25, 0.3) is 0 Å². The van der Waals surface area contributed by atoms with Gasteiger partial charge in [0, 0.05) is 6.61 Å². The number of rotatable bonds is 10. The van der Waals surface area contributed by atoms with E-state index in [2.05, 4.69) is 56.3 Å². The molecule has 0 aromatic heterocycles. The van der Waals surface area contributed by atoms with Gasteiger partial charge in [-0.15, -0.1) is 0 Å². The quantitative estimate of drug-likeness (QED) is 0.411. The van der Waals surface area contributed by atoms with E-state index < -0.39 is 0 Å². The molecule has 3 rings (SSSR count). The predicted molar refractivity (Wildman–Crippen MR) is 126 cm³/mol. The van der Waals surface area contributed by atoms with Gasteiger partial charge in [-0.2, -0.15) is 0 Å². The summed E-state index contributed by atoms with van der Waals surface area (Å²) in [7, 11) is 0. The minimum atomic E-state index is 0.315. The molecule has 0 unspecified atom stereocenters. The number of benzene rings is 2. The molecule has 1 N–H and O–H groups in total. The number of aryl methyl sites for hydroxylation is 2. The van der Waals surface area contributed by atoms with E-state index in [0.717, 1.165) is 43.9 Å². The molecule has 2 aromatic carbocycles. The lowest BCUT2D eigenvalue weighted by Crippen LogP contribution is -2.13. The van der Waals surface area contributed by atoms with E-state index in [0.29, 0.717) is 6.61 Å². The summed E-state index contributed by atoms with van der Waals surface area (Å²) in [5, 5.41) is 8.94. The molecule has 158 valence electrons. The van der Waals surface area contributed by atoms with Crippen LogP contribution in [0.1, 0.15) is 94.2 Å². The number of hydrogen-bond acceptors (Lipinski definition) is 1. The molecule has 0 bridgehead atoms. The highest BCUT2D eigenvalue weighted by Gasteiger charge is 2.21. The van der Waals surface area contributed by atoms with Crippen LogP contribution >= 0.6 is 0 Å². The summed E-state index contributed by atoms with van der Waals surface area (Å²) in [4.78, 5) is 0. The minimum absolute atomic E-state index is 0.315. The monoisotopic (exact) mass is 392 g/mol. The van der Waals surface area contributed by atoms with Crippen LogP contribution in [0.3, 0.4) is 0 Å². The van der Waals surface area contributed by atoms with Crippen LogP contribution in [0.4, 0.5) is 0 Å². The third-order valence-electron chi connectivity index (χ3n) is 6.91. The van der Waals surface area contributed by atoms with Crippen molar-refractivity contribution in [3.05, 3.63) is 59.2 Å². The van der Waals surface area contributed by atoms with Gasteiger partial charge in [0.05, 0.1) is 0 Å². The molecule has 1 saturated carbocycles. The van der Waals surface area contributed by atoms with Crippen LogP contribution in [0.15, 0.2) is 42.5 Å². The fourth-order valence-corrected chi connectivity index (χ4v) is 5.12. The maximum atomic E-state index is 8.94. The van der Waals surface area contributed by atoms with Crippen molar-refractivity contribution in [2.24, 2.45) is 5.92 Å². The zero-order chi connectivity index (χ0) is 20.5. The highest BCUT2D eigenvalue weighted by atomic mass is 16.2. The second kappa shape index (κ2) is 11.6. The van der Waals surface area contributed by atoms with E-state index in [4.69, 9.17) is 5.11 Å². The van der Waals surface area contributed by atoms with Gasteiger partial charge in [0.1, 0.15) is 0 Å². The van der Waals surface area contributed by atoms with E-state index in [1.54, 1.807) is 5.56 Å². The fourth-order valence-electron chi connectivity index (χ4n) is 5.12. The van der Waals surface area contributed by atoms with Gasteiger partial charge < -0.3 is 5.11 Å². The molecule has 29 heavy (non-hydrogen) atoms. The average molecular weight is 393 g/mol. The largest absolute Gasteiger partial charge is 0.396 e. The fraction of sp³-hybridized carbons (Fsp3) is 0.571. The molecule has 1 aliphatic carbocycles. The lowest BCUT2D eigenvalue weighted by molar-refractivity contribution is 0.283. The van der Waals surface area contributed by atoms with Crippen LogP contribution < -0.4 is 0 Å². The SMILES string of the molecule is CCCC1CCC(c2ccc(-c3ccc(CCCCCO)cc3CC)cc2)CC1. The topological polar surface area (TPSA) is 20.2 Å². The van der Waals surface area contributed by atoms with Crippen LogP contribution in [-0.4, -0.2) is 11.7 Å². The summed E-state index contributed by atoms with van der Waals surface area (Å²) in [6, 6.07) is 16.5. The first-order chi connectivity index (χ1) is 14.2. The van der Waals surface area contributed by atoms with Gasteiger partial charge >= 0.3 is 0 Å². The lowest BCUT2D eigenvalue weighted by atomic mass is 9.77. The summed E-state index contributed by atoms with van der Waals surface area (Å²) < 4.78 is 0. The molecule has 0 saturated heterocycles. The van der Waals surface area contributed by atoms with E-state index in [1.807, 2.05) is 0 Å². The second-order valence-corrected chi connectivity index (χ2v) is 9.01. The smallest absolute Gasteiger partial charge is 0.0431 e. The zero-order valence-electron chi connectivity index (χ0n) is 18.6. The van der Waals surface area contributed by atoms with Crippen molar-refractivity contribution in [2.45, 2.75) is 90.4 Å². The van der Waals surface area contributed by atoms with Crippen LogP contribution in [0, 0.1) is 5.92 Å². The molecule has 0 spiro atoms. The summed E-state index contributed by atoms with van der Waals surface area (Å²) in [5.41, 5.74) is 7.19. The second-order valence-electron chi connectivity index (χ2n) is 9.01. The van der Waals surface area contributed by atoms with Crippen molar-refractivity contribution in [1.29, 1.82) is 0 Å². The van der Waals surface area contributed by atoms with Gasteiger partial charge in [-0.05, 0) is 91.0 Å². The molecule has 1 heteroatoms. The van der Waals surface area contributed by atoms with Crippen LogP contribution in [0.25, 0.3) is 11.1 Å². The average Bonchev–Trinajstić information content (AvgIpc) is 2.77. The van der Waals surface area contributed by atoms with Gasteiger partial charge in [0.15, 0.2) is 0 Å². The van der Waals surface area contributed by atoms with Crippen molar-refractivity contribution >= 4 is 0 Å². The Labute approximate surface area is 178 Å². The van der Waals surface area contributed by atoms with Crippen molar-refractivity contribution < 1.29 is 5.11 Å². The third-order valence-corrected chi connectivity index (χ3v) is 6.91. The lowest BCUT2D eigenvalue weighted by Gasteiger charge is -2.28. The maximum Gasteiger partial charge on any atom is 0.0431 e. The van der Waals surface area contributed by atoms with Crippen molar-refractivity contribution in [3.8, 4) is 11.1 Å². The van der Waals surface area contributed by atoms with Crippen LogP contribution in [0.5, 0.6) is 0 Å². The third kappa shape index (κ3) is 6.19. The van der Waals surface area contributed by atoms with Gasteiger partial charge in [-0.25, -0.2) is 0 Å². The molecular formula is C28H40O. The predicted octanol–water partition coefficient (Wildman–Crippen LogP) is 7.70. The summed E-state index contributed by atoms with van der Waals surface area (Å²) in [6.45, 7) is 4.89. The Balaban J connectivity index is 1.64. The number of aliphatic hydroxyl groups is 1. The van der Waals surface area contributed by atoms with Crippen LogP contribution in [0.2, 0.25) is 0 Å². The Bertz CT molecular complexity index is 722. The number of unbranched alkanes of at least 4 members (excludes halogenated alkanes) is 2. The molecule has 0 radical (unpaired) electrons. The Morgan fingerprint density at radius 2 is 1.62 bits per heavy atom. The van der Waals surface area contributed by atoms with E-state index in [1.165, 1.54) is 60.8 Å². The van der Waals surface area contributed by atoms with Crippen LogP contribution in [-0.2, 0) is 12.8 Å². The van der Waals surface area contributed by atoms with Gasteiger partial charge in [0.2, 0.25) is 0 Å². The molecule has 0 atom stereocenters. The van der Waals surface area contributed by atoms with Crippen molar-refractivity contribution in [3.63, 3.8) is 0 Å². The first-order valence-electron chi connectivity index (χ1n) is 12.1. The molecule has 1 nitrogen and oxygen atoms in total. The first kappa shape index (κ1) is 22.1. The molecule has 1 aliphatic rings. The Kier molecular flexibility index (Phi) is 8.80. The molecule has 0 heterocycles. The Morgan fingerprint density at radius 3 is 2.28 bits per heavy atom. The summed E-state index contributed by atoms with van der Waals surface area (Å²) in [5.74, 6) is 1.74. The van der Waals surface area contributed by atoms with Gasteiger partial charge in [-0.3, -0.25) is 0 Å². The summed E-state index contributed by atoms with van der Waals surface area (Å²) >= 11 is 0. The molecule has 2 aromatic rings. The maximum absolute atomic E-state index is 8.94. The Hall–Kier alpha value is -1.60. The molecule has 1 fully saturated rings. The number of hydrogen-bond donors (Lipinski definition) is 1. The molecule has 0 amide bonds. The highest BCUT2D eigenvalue weighted by molar-refractivity contribution is 5.68. The molecule has 0 aliphatic heterocycles. The van der Waals surface area contributed by atoms with Crippen molar-refractivity contribution in [2.75, 3.05) is 6.61 Å². The molecular weight excluding hydrogens is 352 g/mol. The van der Waals surface area contributed by atoms with Gasteiger partial charge in [-0.1, -0.05) is 75.6 Å². The highest BCUT2D eigenvalue weighted by Crippen LogP contribution is 2.38. The standard InChI is InChI=1S/C28H40O/c1-3-8-22-10-13-25(14-11-22)26-15-17-27(18-16-26)28-19-12-23(21-24(28)4-2)9-6-5-7-20-29/h12,15-19,21-22,25,29H,3-11,13-14,20H2,1-2H3. The van der Waals surface area contributed by atoms with E-state index in [-0.39, 0.29) is 0 Å². The normalized spacial score (nSPS) is 19.4. The number of aliphatic hydroxyl groups excluding tert-OH is 1. The summed E-state index contributed by atoms with van der Waals surface area (Å²) in [6.07, 6.45) is 13.7. The Morgan fingerprint density at radius 1 is 0.862 bits per heavy atom. The first-order valence-corrected chi connectivity index (χ1v) is 12.1. The van der Waals surface area contributed by atoms with E-state index >= 15 is 0 Å². The minimum Gasteiger partial charge on any atom is -0.396 e.